The molecule has 0 bridgehead atoms. The van der Waals surface area contributed by atoms with E-state index in [9.17, 15) is 0 Å². The quantitative estimate of drug-likeness (QED) is 0.417. The zero-order valence-electron chi connectivity index (χ0n) is 12.0. The molecule has 0 aliphatic heterocycles. The van der Waals surface area contributed by atoms with Gasteiger partial charge in [-0.15, -0.1) is 0 Å². The van der Waals surface area contributed by atoms with E-state index >= 15 is 0 Å². The van der Waals surface area contributed by atoms with Gasteiger partial charge >= 0.3 is 0 Å². The van der Waals surface area contributed by atoms with Gasteiger partial charge in [-0.3, -0.25) is 0 Å². The second kappa shape index (κ2) is 15.9. The van der Waals surface area contributed by atoms with Gasteiger partial charge in [-0.1, -0.05) is 57.8 Å². The Labute approximate surface area is 108 Å². The van der Waals surface area contributed by atoms with Gasteiger partial charge in [0.15, 0.2) is 0 Å². The molecule has 0 aromatic heterocycles. The zero-order chi connectivity index (χ0) is 12.6. The molecule has 0 unspecified atom stereocenters. The third-order valence-electron chi connectivity index (χ3n) is 3.20. The molecule has 2 heteroatoms. The summed E-state index contributed by atoms with van der Waals surface area (Å²) < 4.78 is 10.1. The lowest BCUT2D eigenvalue weighted by Crippen LogP contribution is -1.89. The summed E-state index contributed by atoms with van der Waals surface area (Å²) in [5, 5.41) is 0. The largest absolute Gasteiger partial charge is 0.385 e. The standard InChI is InChI=1S/C15H32O2/c1-16-14-12-10-8-6-4-3-5-7-9-11-13-15-17-2/h3-15H2,1-2H3. The molecular formula is C15H32O2. The fourth-order valence-electron chi connectivity index (χ4n) is 2.08. The van der Waals surface area contributed by atoms with Gasteiger partial charge in [0, 0.05) is 27.4 Å². The summed E-state index contributed by atoms with van der Waals surface area (Å²) in [4.78, 5) is 0. The minimum atomic E-state index is 0.932. The highest BCUT2D eigenvalue weighted by Gasteiger charge is 1.93. The average molecular weight is 244 g/mol. The highest BCUT2D eigenvalue weighted by Crippen LogP contribution is 2.11. The van der Waals surface area contributed by atoms with Crippen molar-refractivity contribution in [3.05, 3.63) is 0 Å². The molecule has 0 amide bonds. The smallest absolute Gasteiger partial charge is 0.0462 e. The number of unbranched alkanes of at least 4 members (excludes halogenated alkanes) is 10. The van der Waals surface area contributed by atoms with Crippen molar-refractivity contribution in [3.8, 4) is 0 Å². The third-order valence-corrected chi connectivity index (χ3v) is 3.20. The average Bonchev–Trinajstić information content (AvgIpc) is 2.35. The van der Waals surface area contributed by atoms with Crippen LogP contribution in [0.5, 0.6) is 0 Å². The summed E-state index contributed by atoms with van der Waals surface area (Å²) in [5.74, 6) is 0. The van der Waals surface area contributed by atoms with Crippen LogP contribution in [0.4, 0.5) is 0 Å². The maximum atomic E-state index is 5.03. The summed E-state index contributed by atoms with van der Waals surface area (Å²) in [6.07, 6.45) is 15.0. The van der Waals surface area contributed by atoms with Gasteiger partial charge in [0.2, 0.25) is 0 Å². The molecule has 0 atom stereocenters. The lowest BCUT2D eigenvalue weighted by Gasteiger charge is -2.02. The normalized spacial score (nSPS) is 10.9. The van der Waals surface area contributed by atoms with Crippen molar-refractivity contribution in [3.63, 3.8) is 0 Å². The molecule has 104 valence electrons. The van der Waals surface area contributed by atoms with Crippen molar-refractivity contribution < 1.29 is 9.47 Å². The Morgan fingerprint density at radius 1 is 0.412 bits per heavy atom. The third kappa shape index (κ3) is 15.9. The fraction of sp³-hybridized carbons (Fsp3) is 1.00. The topological polar surface area (TPSA) is 18.5 Å². The maximum Gasteiger partial charge on any atom is 0.0462 e. The summed E-state index contributed by atoms with van der Waals surface area (Å²) in [7, 11) is 3.57. The zero-order valence-corrected chi connectivity index (χ0v) is 12.0. The van der Waals surface area contributed by atoms with Crippen molar-refractivity contribution in [1.82, 2.24) is 0 Å². The molecule has 0 heterocycles. The summed E-state index contributed by atoms with van der Waals surface area (Å²) in [6, 6.07) is 0. The highest BCUT2D eigenvalue weighted by atomic mass is 16.5. The molecule has 0 rings (SSSR count). The van der Waals surface area contributed by atoms with Crippen LogP contribution in [-0.4, -0.2) is 27.4 Å². The van der Waals surface area contributed by atoms with E-state index in [1.807, 2.05) is 0 Å². The first-order chi connectivity index (χ1) is 8.41. The van der Waals surface area contributed by atoms with Crippen LogP contribution in [0.25, 0.3) is 0 Å². The van der Waals surface area contributed by atoms with Crippen LogP contribution < -0.4 is 0 Å². The first-order valence-corrected chi connectivity index (χ1v) is 7.39. The van der Waals surface area contributed by atoms with E-state index in [0.717, 1.165) is 13.2 Å². The number of rotatable bonds is 14. The van der Waals surface area contributed by atoms with E-state index in [4.69, 9.17) is 9.47 Å². The van der Waals surface area contributed by atoms with Gasteiger partial charge < -0.3 is 9.47 Å². The van der Waals surface area contributed by atoms with Crippen molar-refractivity contribution in [1.29, 1.82) is 0 Å². The molecule has 0 aromatic rings. The highest BCUT2D eigenvalue weighted by molar-refractivity contribution is 4.48. The molecule has 0 N–H and O–H groups in total. The monoisotopic (exact) mass is 244 g/mol. The Morgan fingerprint density at radius 2 is 0.647 bits per heavy atom. The van der Waals surface area contributed by atoms with Gasteiger partial charge in [0.1, 0.15) is 0 Å². The molecule has 17 heavy (non-hydrogen) atoms. The second-order valence-corrected chi connectivity index (χ2v) is 4.87. The van der Waals surface area contributed by atoms with Gasteiger partial charge in [-0.2, -0.15) is 0 Å². The van der Waals surface area contributed by atoms with E-state index in [-0.39, 0.29) is 0 Å². The molecular weight excluding hydrogens is 212 g/mol. The van der Waals surface area contributed by atoms with Crippen molar-refractivity contribution in [2.45, 2.75) is 70.6 Å². The predicted octanol–water partition coefficient (Wildman–Crippen LogP) is 4.57. The maximum absolute atomic E-state index is 5.03. The Bertz CT molecular complexity index is 112. The first-order valence-electron chi connectivity index (χ1n) is 7.39. The van der Waals surface area contributed by atoms with Crippen LogP contribution in [0.3, 0.4) is 0 Å². The molecule has 0 saturated carbocycles. The SMILES string of the molecule is COCCCCCCCCCCCCCOC. The van der Waals surface area contributed by atoms with Gasteiger partial charge in [0.25, 0.3) is 0 Å². The Hall–Kier alpha value is -0.0800. The van der Waals surface area contributed by atoms with E-state index in [0.29, 0.717) is 0 Å². The van der Waals surface area contributed by atoms with Gasteiger partial charge in [-0.05, 0) is 12.8 Å². The number of ether oxygens (including phenoxy) is 2. The van der Waals surface area contributed by atoms with Crippen LogP contribution in [-0.2, 0) is 9.47 Å². The van der Waals surface area contributed by atoms with E-state index < -0.39 is 0 Å². The number of hydrogen-bond acceptors (Lipinski definition) is 2. The Balaban J connectivity index is 2.85. The molecule has 0 aromatic carbocycles. The van der Waals surface area contributed by atoms with Gasteiger partial charge in [-0.25, -0.2) is 0 Å². The molecule has 0 saturated heterocycles. The van der Waals surface area contributed by atoms with Crippen LogP contribution in [0.1, 0.15) is 70.6 Å². The minimum Gasteiger partial charge on any atom is -0.385 e. The lowest BCUT2D eigenvalue weighted by atomic mass is 10.1. The summed E-state index contributed by atoms with van der Waals surface area (Å²) >= 11 is 0. The van der Waals surface area contributed by atoms with Crippen LogP contribution in [0, 0.1) is 0 Å². The van der Waals surface area contributed by atoms with E-state index in [1.165, 1.54) is 70.6 Å². The van der Waals surface area contributed by atoms with Crippen LogP contribution >= 0.6 is 0 Å². The summed E-state index contributed by atoms with van der Waals surface area (Å²) in [6.45, 7) is 1.86. The van der Waals surface area contributed by atoms with Crippen molar-refractivity contribution in [2.75, 3.05) is 27.4 Å². The summed E-state index contributed by atoms with van der Waals surface area (Å²) in [5.41, 5.74) is 0. The molecule has 0 radical (unpaired) electrons. The first kappa shape index (κ1) is 16.9. The van der Waals surface area contributed by atoms with E-state index in [2.05, 4.69) is 0 Å². The number of hydrogen-bond donors (Lipinski definition) is 0. The Morgan fingerprint density at radius 3 is 0.882 bits per heavy atom. The van der Waals surface area contributed by atoms with Gasteiger partial charge in [0.05, 0.1) is 0 Å². The second-order valence-electron chi connectivity index (χ2n) is 4.87. The molecule has 0 aliphatic rings. The van der Waals surface area contributed by atoms with Crippen LogP contribution in [0.2, 0.25) is 0 Å². The molecule has 0 aliphatic carbocycles. The fourth-order valence-corrected chi connectivity index (χ4v) is 2.08. The van der Waals surface area contributed by atoms with Crippen molar-refractivity contribution >= 4 is 0 Å². The molecule has 0 fully saturated rings. The van der Waals surface area contributed by atoms with E-state index in [1.54, 1.807) is 14.2 Å². The predicted molar refractivity (Wildman–Crippen MR) is 74.5 cm³/mol. The molecule has 2 nitrogen and oxygen atoms in total. The Kier molecular flexibility index (Phi) is 15.8. The minimum absolute atomic E-state index is 0.932. The molecule has 0 spiro atoms. The number of methoxy groups -OCH3 is 2. The van der Waals surface area contributed by atoms with Crippen molar-refractivity contribution in [2.24, 2.45) is 0 Å². The lowest BCUT2D eigenvalue weighted by molar-refractivity contribution is 0.191. The van der Waals surface area contributed by atoms with Crippen LogP contribution in [0.15, 0.2) is 0 Å².